The van der Waals surface area contributed by atoms with Crippen molar-refractivity contribution in [1.29, 1.82) is 0 Å². The van der Waals surface area contributed by atoms with Crippen molar-refractivity contribution in [2.24, 2.45) is 10.9 Å². The second-order valence-electron chi connectivity index (χ2n) is 5.02. The lowest BCUT2D eigenvalue weighted by Gasteiger charge is -2.12. The quantitative estimate of drug-likeness (QED) is 0.253. The molecule has 116 valence electrons. The first-order valence-electron chi connectivity index (χ1n) is 7.14. The standard InChI is InChI=1S/C14H31N3S.HI/c1-13(2)9-5-6-10-16-14(15-3)17-11-7-8-12-18-4;/h13H,5-12H2,1-4H3,(H2,15,16,17);1H. The molecule has 0 atom stereocenters. The first-order valence-corrected chi connectivity index (χ1v) is 8.53. The van der Waals surface area contributed by atoms with Gasteiger partial charge in [-0.3, -0.25) is 4.99 Å². The van der Waals surface area contributed by atoms with Crippen LogP contribution in [-0.4, -0.2) is 38.1 Å². The number of guanidine groups is 1. The molecular weight excluding hydrogens is 369 g/mol. The van der Waals surface area contributed by atoms with Crippen molar-refractivity contribution < 1.29 is 0 Å². The minimum Gasteiger partial charge on any atom is -0.356 e. The van der Waals surface area contributed by atoms with E-state index in [2.05, 4.69) is 35.7 Å². The molecule has 0 unspecified atom stereocenters. The van der Waals surface area contributed by atoms with E-state index in [0.29, 0.717) is 0 Å². The number of nitrogens with one attached hydrogen (secondary N) is 2. The van der Waals surface area contributed by atoms with E-state index in [9.17, 15) is 0 Å². The summed E-state index contributed by atoms with van der Waals surface area (Å²) < 4.78 is 0. The summed E-state index contributed by atoms with van der Waals surface area (Å²) in [5.41, 5.74) is 0. The molecule has 0 rings (SSSR count). The van der Waals surface area contributed by atoms with Gasteiger partial charge in [-0.15, -0.1) is 24.0 Å². The molecular formula is C14H32IN3S. The molecule has 0 saturated heterocycles. The molecule has 0 amide bonds. The van der Waals surface area contributed by atoms with E-state index in [1.807, 2.05) is 18.8 Å². The summed E-state index contributed by atoms with van der Waals surface area (Å²) in [6.07, 6.45) is 8.50. The van der Waals surface area contributed by atoms with Gasteiger partial charge in [0, 0.05) is 20.1 Å². The largest absolute Gasteiger partial charge is 0.356 e. The van der Waals surface area contributed by atoms with Crippen molar-refractivity contribution in [3.8, 4) is 0 Å². The van der Waals surface area contributed by atoms with Crippen LogP contribution in [0.4, 0.5) is 0 Å². The Bertz CT molecular complexity index is 211. The van der Waals surface area contributed by atoms with Gasteiger partial charge < -0.3 is 10.6 Å². The van der Waals surface area contributed by atoms with Crippen molar-refractivity contribution in [2.45, 2.75) is 46.0 Å². The highest BCUT2D eigenvalue weighted by molar-refractivity contribution is 14.0. The molecule has 0 aromatic rings. The molecule has 0 aliphatic heterocycles. The topological polar surface area (TPSA) is 36.4 Å². The van der Waals surface area contributed by atoms with Crippen molar-refractivity contribution in [1.82, 2.24) is 10.6 Å². The zero-order valence-electron chi connectivity index (χ0n) is 13.0. The van der Waals surface area contributed by atoms with Crippen molar-refractivity contribution in [2.75, 3.05) is 32.1 Å². The van der Waals surface area contributed by atoms with Gasteiger partial charge in [-0.25, -0.2) is 0 Å². The third-order valence-electron chi connectivity index (χ3n) is 2.79. The normalized spacial score (nSPS) is 11.3. The van der Waals surface area contributed by atoms with Gasteiger partial charge in [-0.2, -0.15) is 11.8 Å². The number of hydrogen-bond donors (Lipinski definition) is 2. The first-order chi connectivity index (χ1) is 8.70. The number of hydrogen-bond acceptors (Lipinski definition) is 2. The molecule has 0 fully saturated rings. The second kappa shape index (κ2) is 16.4. The van der Waals surface area contributed by atoms with E-state index in [0.717, 1.165) is 25.0 Å². The van der Waals surface area contributed by atoms with Crippen molar-refractivity contribution in [3.63, 3.8) is 0 Å². The Morgan fingerprint density at radius 3 is 2.11 bits per heavy atom. The molecule has 0 bridgehead atoms. The summed E-state index contributed by atoms with van der Waals surface area (Å²) in [6, 6.07) is 0. The van der Waals surface area contributed by atoms with Crippen LogP contribution in [-0.2, 0) is 0 Å². The Balaban J connectivity index is 0. The maximum atomic E-state index is 4.23. The Morgan fingerprint density at radius 1 is 1.05 bits per heavy atom. The van der Waals surface area contributed by atoms with E-state index >= 15 is 0 Å². The molecule has 0 heterocycles. The molecule has 0 aliphatic carbocycles. The van der Waals surface area contributed by atoms with Gasteiger partial charge in [0.1, 0.15) is 0 Å². The van der Waals surface area contributed by atoms with E-state index in [1.165, 1.54) is 37.9 Å². The summed E-state index contributed by atoms with van der Waals surface area (Å²) in [5.74, 6) is 3.02. The molecule has 0 saturated carbocycles. The average Bonchev–Trinajstić information content (AvgIpc) is 2.35. The fraction of sp³-hybridized carbons (Fsp3) is 0.929. The van der Waals surface area contributed by atoms with E-state index < -0.39 is 0 Å². The monoisotopic (exact) mass is 401 g/mol. The molecule has 0 spiro atoms. The van der Waals surface area contributed by atoms with Crippen LogP contribution in [0, 0.1) is 5.92 Å². The lowest BCUT2D eigenvalue weighted by Crippen LogP contribution is -2.38. The summed E-state index contributed by atoms with van der Waals surface area (Å²) in [7, 11) is 1.84. The van der Waals surface area contributed by atoms with E-state index in [1.54, 1.807) is 0 Å². The molecule has 19 heavy (non-hydrogen) atoms. The fourth-order valence-electron chi connectivity index (χ4n) is 1.68. The predicted molar refractivity (Wildman–Crippen MR) is 101 cm³/mol. The third-order valence-corrected chi connectivity index (χ3v) is 3.49. The van der Waals surface area contributed by atoms with Gasteiger partial charge in [-0.1, -0.05) is 26.7 Å². The fourth-order valence-corrected chi connectivity index (χ4v) is 2.18. The van der Waals surface area contributed by atoms with Crippen LogP contribution < -0.4 is 10.6 Å². The highest BCUT2D eigenvalue weighted by Crippen LogP contribution is 2.04. The summed E-state index contributed by atoms with van der Waals surface area (Å²) in [4.78, 5) is 4.23. The maximum Gasteiger partial charge on any atom is 0.190 e. The Morgan fingerprint density at radius 2 is 1.63 bits per heavy atom. The number of rotatable bonds is 10. The Labute approximate surface area is 141 Å². The molecule has 5 heteroatoms. The van der Waals surface area contributed by atoms with Gasteiger partial charge in [0.05, 0.1) is 0 Å². The Kier molecular flexibility index (Phi) is 18.7. The third kappa shape index (κ3) is 16.3. The zero-order valence-corrected chi connectivity index (χ0v) is 16.1. The predicted octanol–water partition coefficient (Wildman–Crippen LogP) is 3.74. The van der Waals surface area contributed by atoms with Gasteiger partial charge >= 0.3 is 0 Å². The second-order valence-corrected chi connectivity index (χ2v) is 6.00. The summed E-state index contributed by atoms with van der Waals surface area (Å²) in [5, 5.41) is 6.73. The number of unbranched alkanes of at least 4 members (excludes halogenated alkanes) is 2. The average molecular weight is 401 g/mol. The van der Waals surface area contributed by atoms with Crippen LogP contribution in [0.25, 0.3) is 0 Å². The number of thioether (sulfide) groups is 1. The van der Waals surface area contributed by atoms with Crippen LogP contribution in [0.3, 0.4) is 0 Å². The Hall–Kier alpha value is 0.350. The van der Waals surface area contributed by atoms with Crippen molar-refractivity contribution in [3.05, 3.63) is 0 Å². The summed E-state index contributed by atoms with van der Waals surface area (Å²) in [6.45, 7) is 6.61. The highest BCUT2D eigenvalue weighted by atomic mass is 127. The van der Waals surface area contributed by atoms with Crippen LogP contribution in [0.15, 0.2) is 4.99 Å². The maximum absolute atomic E-state index is 4.23. The number of nitrogens with zero attached hydrogens (tertiary/aromatic N) is 1. The van der Waals surface area contributed by atoms with Gasteiger partial charge in [-0.05, 0) is 37.2 Å². The SMILES string of the molecule is CN=C(NCCCCSC)NCCCCC(C)C.I. The zero-order chi connectivity index (χ0) is 13.6. The lowest BCUT2D eigenvalue weighted by molar-refractivity contribution is 0.534. The molecule has 0 aliphatic rings. The molecule has 0 aromatic heterocycles. The molecule has 0 radical (unpaired) electrons. The van der Waals surface area contributed by atoms with E-state index in [-0.39, 0.29) is 24.0 Å². The minimum atomic E-state index is 0. The molecule has 2 N–H and O–H groups in total. The highest BCUT2D eigenvalue weighted by Gasteiger charge is 1.97. The van der Waals surface area contributed by atoms with Crippen LogP contribution in [0.5, 0.6) is 0 Å². The molecule has 3 nitrogen and oxygen atoms in total. The summed E-state index contributed by atoms with van der Waals surface area (Å²) >= 11 is 1.91. The van der Waals surface area contributed by atoms with Crippen LogP contribution >= 0.6 is 35.7 Å². The van der Waals surface area contributed by atoms with Crippen LogP contribution in [0.1, 0.15) is 46.0 Å². The smallest absolute Gasteiger partial charge is 0.190 e. The van der Waals surface area contributed by atoms with Crippen LogP contribution in [0.2, 0.25) is 0 Å². The van der Waals surface area contributed by atoms with Gasteiger partial charge in [0.25, 0.3) is 0 Å². The van der Waals surface area contributed by atoms with E-state index in [4.69, 9.17) is 0 Å². The first kappa shape index (κ1) is 21.6. The lowest BCUT2D eigenvalue weighted by atomic mass is 10.1. The van der Waals surface area contributed by atoms with Gasteiger partial charge in [0.2, 0.25) is 0 Å². The van der Waals surface area contributed by atoms with Gasteiger partial charge in [0.15, 0.2) is 5.96 Å². The molecule has 0 aromatic carbocycles. The number of aliphatic imine (C=N–C) groups is 1. The number of halogens is 1. The van der Waals surface area contributed by atoms with Crippen molar-refractivity contribution >= 4 is 41.7 Å². The minimum absolute atomic E-state index is 0.